The van der Waals surface area contributed by atoms with E-state index in [-0.39, 0.29) is 5.95 Å². The van der Waals surface area contributed by atoms with E-state index in [1.54, 1.807) is 11.8 Å². The number of aromatic nitrogens is 3. The topological polar surface area (TPSA) is 64.7 Å². The maximum atomic E-state index is 5.64. The van der Waals surface area contributed by atoms with Crippen LogP contribution in [0.25, 0.3) is 0 Å². The number of aryl methyl sites for hydroxylation is 1. The highest BCUT2D eigenvalue weighted by atomic mass is 32.2. The van der Waals surface area contributed by atoms with Crippen molar-refractivity contribution in [2.24, 2.45) is 0 Å². The molecule has 2 N–H and O–H groups in total. The van der Waals surface area contributed by atoms with Gasteiger partial charge in [0.05, 0.1) is 5.75 Å². The van der Waals surface area contributed by atoms with Crippen molar-refractivity contribution in [1.29, 1.82) is 0 Å². The van der Waals surface area contributed by atoms with Gasteiger partial charge in [-0.2, -0.15) is 9.97 Å². The lowest BCUT2D eigenvalue weighted by atomic mass is 10.2. The number of hydrogen-bond donors (Lipinski definition) is 1. The van der Waals surface area contributed by atoms with Crippen LogP contribution in [0.2, 0.25) is 0 Å². The smallest absolute Gasteiger partial charge is 0.224 e. The number of nitrogens with two attached hydrogens (primary N) is 1. The predicted molar refractivity (Wildman–Crippen MR) is 76.8 cm³/mol. The normalized spacial score (nSPS) is 10.6. The summed E-state index contributed by atoms with van der Waals surface area (Å²) in [5.41, 5.74) is 6.90. The highest BCUT2D eigenvalue weighted by molar-refractivity contribution is 7.98. The molecule has 0 bridgehead atoms. The third-order valence-corrected chi connectivity index (χ3v) is 3.81. The molecule has 0 fully saturated rings. The molecule has 0 saturated carbocycles. The summed E-state index contributed by atoms with van der Waals surface area (Å²) in [5, 5.41) is 0.669. The quantitative estimate of drug-likeness (QED) is 0.868. The Balaban J connectivity index is 2.05. The molecule has 2 aromatic rings. The van der Waals surface area contributed by atoms with Gasteiger partial charge in [0, 0.05) is 4.90 Å². The minimum absolute atomic E-state index is 0.286. The van der Waals surface area contributed by atoms with Crippen molar-refractivity contribution in [3.63, 3.8) is 0 Å². The van der Waals surface area contributed by atoms with E-state index in [0.717, 1.165) is 5.82 Å². The average molecular weight is 278 g/mol. The van der Waals surface area contributed by atoms with Gasteiger partial charge in [-0.15, -0.1) is 11.8 Å². The number of nitrogens with zero attached hydrogens (tertiary/aromatic N) is 3. The van der Waals surface area contributed by atoms with E-state index < -0.39 is 0 Å². The third-order valence-electron chi connectivity index (χ3n) is 2.25. The molecule has 94 valence electrons. The van der Waals surface area contributed by atoms with Crippen LogP contribution in [0.15, 0.2) is 34.3 Å². The summed E-state index contributed by atoms with van der Waals surface area (Å²) in [6.45, 7) is 2.08. The Bertz CT molecular complexity index is 528. The molecule has 2 rings (SSSR count). The lowest BCUT2D eigenvalue weighted by Crippen LogP contribution is -2.03. The number of nitrogen functional groups attached to an aromatic ring is 1. The van der Waals surface area contributed by atoms with E-state index in [0.29, 0.717) is 10.9 Å². The van der Waals surface area contributed by atoms with Gasteiger partial charge in [0.25, 0.3) is 0 Å². The van der Waals surface area contributed by atoms with Crippen LogP contribution in [0, 0.1) is 6.92 Å². The van der Waals surface area contributed by atoms with E-state index in [2.05, 4.69) is 46.1 Å². The number of hydrogen-bond acceptors (Lipinski definition) is 6. The summed E-state index contributed by atoms with van der Waals surface area (Å²) in [4.78, 5) is 13.7. The third kappa shape index (κ3) is 3.61. The van der Waals surface area contributed by atoms with E-state index >= 15 is 0 Å². The van der Waals surface area contributed by atoms with Crippen LogP contribution in [-0.4, -0.2) is 21.2 Å². The summed E-state index contributed by atoms with van der Waals surface area (Å²) >= 11 is 3.16. The molecule has 4 nitrogen and oxygen atoms in total. The van der Waals surface area contributed by atoms with Crippen LogP contribution in [0.5, 0.6) is 0 Å². The Morgan fingerprint density at radius 2 is 1.83 bits per heavy atom. The molecule has 6 heteroatoms. The molecule has 0 aliphatic rings. The van der Waals surface area contributed by atoms with Crippen LogP contribution >= 0.6 is 23.5 Å². The molecule has 0 aliphatic heterocycles. The Kier molecular flexibility index (Phi) is 4.43. The highest BCUT2D eigenvalue weighted by Gasteiger charge is 2.04. The summed E-state index contributed by atoms with van der Waals surface area (Å²) in [6, 6.07) is 8.38. The van der Waals surface area contributed by atoms with Crippen LogP contribution in [0.4, 0.5) is 5.95 Å². The van der Waals surface area contributed by atoms with Crippen LogP contribution in [0.3, 0.4) is 0 Å². The lowest BCUT2D eigenvalue weighted by molar-refractivity contribution is 0.864. The number of benzene rings is 1. The Morgan fingerprint density at radius 1 is 1.11 bits per heavy atom. The Hall–Kier alpha value is -1.27. The van der Waals surface area contributed by atoms with Crippen molar-refractivity contribution >= 4 is 29.5 Å². The van der Waals surface area contributed by atoms with Crippen LogP contribution in [0.1, 0.15) is 11.4 Å². The number of anilines is 1. The van der Waals surface area contributed by atoms with Gasteiger partial charge in [-0.3, -0.25) is 0 Å². The minimum atomic E-state index is 0.286. The molecule has 1 heterocycles. The van der Waals surface area contributed by atoms with Crippen LogP contribution in [-0.2, 0) is 5.75 Å². The van der Waals surface area contributed by atoms with Gasteiger partial charge in [-0.05, 0) is 25.3 Å². The summed E-state index contributed by atoms with van der Waals surface area (Å²) in [5.74, 6) is 1.70. The SMILES string of the molecule is CSc1nc(N)nc(CSc2ccc(C)cc2)n1. The molecule has 0 saturated heterocycles. The maximum absolute atomic E-state index is 5.64. The van der Waals surface area contributed by atoms with Crippen molar-refractivity contribution < 1.29 is 0 Å². The molecular formula is C12H14N4S2. The van der Waals surface area contributed by atoms with E-state index in [4.69, 9.17) is 5.73 Å². The van der Waals surface area contributed by atoms with Gasteiger partial charge in [0.15, 0.2) is 5.16 Å². The predicted octanol–water partition coefficient (Wildman–Crippen LogP) is 2.78. The monoisotopic (exact) mass is 278 g/mol. The zero-order chi connectivity index (χ0) is 13.0. The molecule has 0 aliphatic carbocycles. The first-order valence-corrected chi connectivity index (χ1v) is 7.62. The summed E-state index contributed by atoms with van der Waals surface area (Å²) in [6.07, 6.45) is 1.92. The molecule has 1 aromatic carbocycles. The highest BCUT2D eigenvalue weighted by Crippen LogP contribution is 2.22. The molecule has 0 atom stereocenters. The standard InChI is InChI=1S/C12H14N4S2/c1-8-3-5-9(6-4-8)18-7-10-14-11(13)16-12(15-10)17-2/h3-6H,7H2,1-2H3,(H2,13,14,15,16). The van der Waals surface area contributed by atoms with Crippen molar-refractivity contribution in [3.05, 3.63) is 35.7 Å². The molecule has 0 radical (unpaired) electrons. The zero-order valence-corrected chi connectivity index (χ0v) is 11.9. The minimum Gasteiger partial charge on any atom is -0.368 e. The first kappa shape index (κ1) is 13.2. The van der Waals surface area contributed by atoms with Gasteiger partial charge in [0.1, 0.15) is 5.82 Å². The van der Waals surface area contributed by atoms with Crippen molar-refractivity contribution in [2.75, 3.05) is 12.0 Å². The van der Waals surface area contributed by atoms with Gasteiger partial charge < -0.3 is 5.73 Å². The van der Waals surface area contributed by atoms with Gasteiger partial charge in [0.2, 0.25) is 5.95 Å². The molecule has 1 aromatic heterocycles. The molecular weight excluding hydrogens is 264 g/mol. The van der Waals surface area contributed by atoms with E-state index in [9.17, 15) is 0 Å². The van der Waals surface area contributed by atoms with Crippen molar-refractivity contribution in [2.45, 2.75) is 22.7 Å². The second-order valence-corrected chi connectivity index (χ2v) is 5.52. The van der Waals surface area contributed by atoms with Gasteiger partial charge >= 0.3 is 0 Å². The zero-order valence-electron chi connectivity index (χ0n) is 10.3. The fraction of sp³-hybridized carbons (Fsp3) is 0.250. The second-order valence-electron chi connectivity index (χ2n) is 3.70. The fourth-order valence-electron chi connectivity index (χ4n) is 1.35. The lowest BCUT2D eigenvalue weighted by Gasteiger charge is -2.03. The van der Waals surface area contributed by atoms with E-state index in [1.165, 1.54) is 22.2 Å². The van der Waals surface area contributed by atoms with Crippen molar-refractivity contribution in [3.8, 4) is 0 Å². The summed E-state index contributed by atoms with van der Waals surface area (Å²) < 4.78 is 0. The number of rotatable bonds is 4. The van der Waals surface area contributed by atoms with Gasteiger partial charge in [-0.25, -0.2) is 4.98 Å². The second kappa shape index (κ2) is 6.06. The molecule has 0 amide bonds. The first-order valence-electron chi connectivity index (χ1n) is 5.41. The van der Waals surface area contributed by atoms with Crippen LogP contribution < -0.4 is 5.73 Å². The molecule has 0 unspecified atom stereocenters. The molecule has 0 spiro atoms. The average Bonchev–Trinajstić information content (AvgIpc) is 2.37. The summed E-state index contributed by atoms with van der Waals surface area (Å²) in [7, 11) is 0. The van der Waals surface area contributed by atoms with Crippen molar-refractivity contribution in [1.82, 2.24) is 15.0 Å². The van der Waals surface area contributed by atoms with Gasteiger partial charge in [-0.1, -0.05) is 29.5 Å². The largest absolute Gasteiger partial charge is 0.368 e. The first-order chi connectivity index (χ1) is 8.67. The number of thioether (sulfide) groups is 2. The fourth-order valence-corrected chi connectivity index (χ4v) is 2.49. The maximum Gasteiger partial charge on any atom is 0.224 e. The molecule has 18 heavy (non-hydrogen) atoms. The van der Waals surface area contributed by atoms with E-state index in [1.807, 2.05) is 6.26 Å². The Labute approximate surface area is 115 Å². The Morgan fingerprint density at radius 3 is 2.50 bits per heavy atom.